The molecule has 0 fully saturated rings. The van der Waals surface area contributed by atoms with Gasteiger partial charge in [-0.25, -0.2) is 4.98 Å². The van der Waals surface area contributed by atoms with E-state index in [9.17, 15) is 4.79 Å². The molecular formula is C19H22N2OS. The number of aryl methyl sites for hydroxylation is 4. The van der Waals surface area contributed by atoms with Crippen molar-refractivity contribution in [1.29, 1.82) is 0 Å². The van der Waals surface area contributed by atoms with Crippen LogP contribution in [0.15, 0.2) is 35.5 Å². The van der Waals surface area contributed by atoms with Crippen LogP contribution in [0.1, 0.15) is 28.7 Å². The zero-order chi connectivity index (χ0) is 16.4. The van der Waals surface area contributed by atoms with E-state index in [0.717, 1.165) is 30.1 Å². The summed E-state index contributed by atoms with van der Waals surface area (Å²) in [7, 11) is 0. The SMILES string of the molecule is Cc1cnc(SCC(=O)N2CCCc3cccc(C)c32)cc1C. The number of carbonyl (C=O) groups excluding carboxylic acids is 1. The maximum absolute atomic E-state index is 12.7. The molecule has 23 heavy (non-hydrogen) atoms. The highest BCUT2D eigenvalue weighted by molar-refractivity contribution is 7.99. The highest BCUT2D eigenvalue weighted by Crippen LogP contribution is 2.31. The number of nitrogens with zero attached hydrogens (tertiary/aromatic N) is 2. The molecule has 2 heterocycles. The topological polar surface area (TPSA) is 33.2 Å². The molecule has 3 rings (SSSR count). The van der Waals surface area contributed by atoms with Gasteiger partial charge in [-0.15, -0.1) is 0 Å². The maximum Gasteiger partial charge on any atom is 0.237 e. The fraction of sp³-hybridized carbons (Fsp3) is 0.368. The first kappa shape index (κ1) is 16.1. The molecule has 1 aromatic carbocycles. The molecule has 0 radical (unpaired) electrons. The molecular weight excluding hydrogens is 304 g/mol. The molecule has 0 saturated carbocycles. The van der Waals surface area contributed by atoms with Crippen molar-refractivity contribution in [3.63, 3.8) is 0 Å². The van der Waals surface area contributed by atoms with Gasteiger partial charge in [-0.1, -0.05) is 30.0 Å². The van der Waals surface area contributed by atoms with E-state index in [1.165, 1.54) is 34.0 Å². The normalized spacial score (nSPS) is 13.8. The van der Waals surface area contributed by atoms with E-state index in [4.69, 9.17) is 0 Å². The quantitative estimate of drug-likeness (QED) is 0.797. The molecule has 1 aliphatic rings. The Morgan fingerprint density at radius 3 is 2.83 bits per heavy atom. The number of fused-ring (bicyclic) bond motifs is 1. The lowest BCUT2D eigenvalue weighted by molar-refractivity contribution is -0.116. The summed E-state index contributed by atoms with van der Waals surface area (Å²) in [6, 6.07) is 8.36. The van der Waals surface area contributed by atoms with Gasteiger partial charge >= 0.3 is 0 Å². The molecule has 1 aliphatic heterocycles. The summed E-state index contributed by atoms with van der Waals surface area (Å²) in [6.07, 6.45) is 3.98. The number of rotatable bonds is 3. The van der Waals surface area contributed by atoms with Gasteiger partial charge in [0.1, 0.15) is 0 Å². The van der Waals surface area contributed by atoms with E-state index in [1.54, 1.807) is 0 Å². The van der Waals surface area contributed by atoms with Crippen molar-refractivity contribution >= 4 is 23.4 Å². The van der Waals surface area contributed by atoms with Crippen LogP contribution in [-0.4, -0.2) is 23.2 Å². The monoisotopic (exact) mass is 326 g/mol. The molecule has 0 bridgehead atoms. The number of aromatic nitrogens is 1. The first-order chi connectivity index (χ1) is 11.1. The fourth-order valence-electron chi connectivity index (χ4n) is 2.99. The Labute approximate surface area is 142 Å². The number of carbonyl (C=O) groups is 1. The molecule has 2 aromatic rings. The van der Waals surface area contributed by atoms with Crippen LogP contribution in [0.4, 0.5) is 5.69 Å². The minimum atomic E-state index is 0.172. The van der Waals surface area contributed by atoms with Crippen LogP contribution in [0.3, 0.4) is 0 Å². The molecule has 0 aliphatic carbocycles. The molecule has 1 aromatic heterocycles. The molecule has 0 N–H and O–H groups in total. The van der Waals surface area contributed by atoms with Crippen LogP contribution in [0, 0.1) is 20.8 Å². The van der Waals surface area contributed by atoms with Crippen LogP contribution in [0.2, 0.25) is 0 Å². The lowest BCUT2D eigenvalue weighted by Crippen LogP contribution is -2.37. The van der Waals surface area contributed by atoms with Crippen LogP contribution in [0.5, 0.6) is 0 Å². The van der Waals surface area contributed by atoms with Crippen LogP contribution in [0.25, 0.3) is 0 Å². The van der Waals surface area contributed by atoms with Crippen LogP contribution >= 0.6 is 11.8 Å². The highest BCUT2D eigenvalue weighted by Gasteiger charge is 2.23. The van der Waals surface area contributed by atoms with E-state index in [-0.39, 0.29) is 5.91 Å². The Morgan fingerprint density at radius 1 is 1.22 bits per heavy atom. The van der Waals surface area contributed by atoms with Gasteiger partial charge in [0.05, 0.1) is 10.8 Å². The van der Waals surface area contributed by atoms with Crippen molar-refractivity contribution in [2.24, 2.45) is 0 Å². The van der Waals surface area contributed by atoms with Gasteiger partial charge in [0.15, 0.2) is 0 Å². The van der Waals surface area contributed by atoms with Gasteiger partial charge < -0.3 is 4.90 Å². The predicted molar refractivity (Wildman–Crippen MR) is 96.3 cm³/mol. The number of thioether (sulfide) groups is 1. The minimum Gasteiger partial charge on any atom is -0.311 e. The second-order valence-electron chi connectivity index (χ2n) is 6.13. The molecule has 1 amide bonds. The van der Waals surface area contributed by atoms with Crippen LogP contribution < -0.4 is 4.90 Å². The summed E-state index contributed by atoms with van der Waals surface area (Å²) in [5.41, 5.74) is 6.00. The van der Waals surface area contributed by atoms with Gasteiger partial charge in [-0.05, 0) is 61.9 Å². The first-order valence-electron chi connectivity index (χ1n) is 8.01. The van der Waals surface area contributed by atoms with E-state index >= 15 is 0 Å². The smallest absolute Gasteiger partial charge is 0.237 e. The number of para-hydroxylation sites is 1. The van der Waals surface area contributed by atoms with Gasteiger partial charge in [0.2, 0.25) is 5.91 Å². The van der Waals surface area contributed by atoms with Crippen molar-refractivity contribution in [2.75, 3.05) is 17.2 Å². The Balaban J connectivity index is 1.73. The average Bonchev–Trinajstić information content (AvgIpc) is 2.55. The highest BCUT2D eigenvalue weighted by atomic mass is 32.2. The molecule has 0 unspecified atom stereocenters. The molecule has 3 nitrogen and oxygen atoms in total. The number of anilines is 1. The van der Waals surface area contributed by atoms with E-state index in [1.807, 2.05) is 11.1 Å². The summed E-state index contributed by atoms with van der Waals surface area (Å²) < 4.78 is 0. The molecule has 4 heteroatoms. The summed E-state index contributed by atoms with van der Waals surface area (Å²) >= 11 is 1.52. The fourth-order valence-corrected chi connectivity index (χ4v) is 3.80. The number of benzene rings is 1. The van der Waals surface area contributed by atoms with E-state index < -0.39 is 0 Å². The lowest BCUT2D eigenvalue weighted by Gasteiger charge is -2.31. The number of hydrogen-bond acceptors (Lipinski definition) is 3. The first-order valence-corrected chi connectivity index (χ1v) is 8.99. The van der Waals surface area contributed by atoms with Gasteiger partial charge in [-0.2, -0.15) is 0 Å². The number of amides is 1. The molecule has 0 spiro atoms. The summed E-state index contributed by atoms with van der Waals surface area (Å²) in [5, 5.41) is 0.920. The van der Waals surface area contributed by atoms with E-state index in [2.05, 4.69) is 50.0 Å². The third-order valence-electron chi connectivity index (χ3n) is 4.41. The summed E-state index contributed by atoms with van der Waals surface area (Å²) in [6.45, 7) is 7.03. The van der Waals surface area contributed by atoms with Crippen LogP contribution in [-0.2, 0) is 11.2 Å². The number of pyridine rings is 1. The second kappa shape index (κ2) is 6.75. The summed E-state index contributed by atoms with van der Waals surface area (Å²) in [4.78, 5) is 19.1. The minimum absolute atomic E-state index is 0.172. The molecule has 0 atom stereocenters. The van der Waals surface area contributed by atoms with Crippen molar-refractivity contribution in [3.8, 4) is 0 Å². The zero-order valence-electron chi connectivity index (χ0n) is 13.9. The molecule has 0 saturated heterocycles. The largest absolute Gasteiger partial charge is 0.311 e. The second-order valence-corrected chi connectivity index (χ2v) is 7.12. The Bertz CT molecular complexity index is 742. The Morgan fingerprint density at radius 2 is 2.04 bits per heavy atom. The van der Waals surface area contributed by atoms with Crippen molar-refractivity contribution < 1.29 is 4.79 Å². The van der Waals surface area contributed by atoms with E-state index in [0.29, 0.717) is 5.75 Å². The zero-order valence-corrected chi connectivity index (χ0v) is 14.7. The third kappa shape index (κ3) is 3.42. The van der Waals surface area contributed by atoms with Crippen molar-refractivity contribution in [3.05, 3.63) is 52.7 Å². The molecule has 120 valence electrons. The summed E-state index contributed by atoms with van der Waals surface area (Å²) in [5.74, 6) is 0.605. The third-order valence-corrected chi connectivity index (χ3v) is 5.32. The van der Waals surface area contributed by atoms with Gasteiger partial charge in [-0.3, -0.25) is 4.79 Å². The predicted octanol–water partition coefficient (Wildman–Crippen LogP) is 4.08. The van der Waals surface area contributed by atoms with Crippen molar-refractivity contribution in [1.82, 2.24) is 4.98 Å². The average molecular weight is 326 g/mol. The van der Waals surface area contributed by atoms with Gasteiger partial charge in [0, 0.05) is 18.4 Å². The van der Waals surface area contributed by atoms with Gasteiger partial charge in [0.25, 0.3) is 0 Å². The maximum atomic E-state index is 12.7. The lowest BCUT2D eigenvalue weighted by atomic mass is 9.98. The van der Waals surface area contributed by atoms with Crippen molar-refractivity contribution in [2.45, 2.75) is 38.6 Å². The number of hydrogen-bond donors (Lipinski definition) is 0. The Hall–Kier alpha value is -1.81. The standard InChI is InChI=1S/C19H22N2OS/c1-13-6-4-7-16-8-5-9-21(19(13)16)18(22)12-23-17-10-14(2)15(3)11-20-17/h4,6-7,10-11H,5,8-9,12H2,1-3H3. The Kier molecular flexibility index (Phi) is 4.71.